The first-order chi connectivity index (χ1) is 8.09. The molecule has 0 N–H and O–H groups in total. The molecule has 0 spiro atoms. The molecule has 4 nitrogen and oxygen atoms in total. The minimum Gasteiger partial charge on any atom is -0.274 e. The summed E-state index contributed by atoms with van der Waals surface area (Å²) < 4.78 is 52.4. The molecule has 1 saturated heterocycles. The molecular weight excluding hydrogens is 264 g/mol. The van der Waals surface area contributed by atoms with Crippen LogP contribution in [0.3, 0.4) is 0 Å². The first-order valence-electron chi connectivity index (χ1n) is 6.00. The van der Waals surface area contributed by atoms with Crippen molar-refractivity contribution in [3.05, 3.63) is 0 Å². The van der Waals surface area contributed by atoms with Gasteiger partial charge in [0.1, 0.15) is 0 Å². The molecule has 1 aliphatic heterocycles. The first-order valence-corrected chi connectivity index (χ1v) is 7.51. The maximum absolute atomic E-state index is 13.7. The van der Waals surface area contributed by atoms with Crippen molar-refractivity contribution in [1.29, 1.82) is 0 Å². The van der Waals surface area contributed by atoms with Crippen LogP contribution < -0.4 is 0 Å². The maximum Gasteiger partial charge on any atom is 0.252 e. The number of amides is 1. The second-order valence-electron chi connectivity index (χ2n) is 5.40. The van der Waals surface area contributed by atoms with Crippen molar-refractivity contribution in [1.82, 2.24) is 4.31 Å². The van der Waals surface area contributed by atoms with Crippen LogP contribution in [-0.2, 0) is 14.8 Å². The number of hydrogen-bond donors (Lipinski definition) is 0. The molecule has 2 fully saturated rings. The van der Waals surface area contributed by atoms with Crippen LogP contribution in [0, 0.1) is 11.8 Å². The van der Waals surface area contributed by atoms with Gasteiger partial charge in [0.25, 0.3) is 5.92 Å². The lowest BCUT2D eigenvalue weighted by atomic mass is 9.76. The van der Waals surface area contributed by atoms with Crippen molar-refractivity contribution in [2.45, 2.75) is 50.8 Å². The molecule has 0 aromatic rings. The predicted octanol–water partition coefficient (Wildman–Crippen LogP) is 1.62. The Hall–Kier alpha value is -0.720. The molecule has 104 valence electrons. The number of rotatable bonds is 0. The zero-order valence-corrected chi connectivity index (χ0v) is 11.4. The number of alkyl halides is 2. The zero-order chi connectivity index (χ0) is 13.9. The number of carbonyl (C=O) groups excluding carboxylic acids is 1. The molecule has 1 aliphatic carbocycles. The van der Waals surface area contributed by atoms with Gasteiger partial charge in [0.15, 0.2) is 0 Å². The van der Waals surface area contributed by atoms with Gasteiger partial charge < -0.3 is 0 Å². The van der Waals surface area contributed by atoms with Gasteiger partial charge in [-0.15, -0.1) is 0 Å². The van der Waals surface area contributed by atoms with Crippen molar-refractivity contribution < 1.29 is 22.0 Å². The van der Waals surface area contributed by atoms with Crippen molar-refractivity contribution in [2.24, 2.45) is 11.8 Å². The second-order valence-corrected chi connectivity index (χ2v) is 7.43. The lowest BCUT2D eigenvalue weighted by Gasteiger charge is -2.35. The number of fused-ring (bicyclic) bond motifs is 1. The highest BCUT2D eigenvalue weighted by molar-refractivity contribution is 7.90. The molecular formula is C11H17F2NO3S. The van der Waals surface area contributed by atoms with Gasteiger partial charge in [0, 0.05) is 25.3 Å². The average Bonchev–Trinajstić information content (AvgIpc) is 2.36. The lowest BCUT2D eigenvalue weighted by Crippen LogP contribution is -2.43. The van der Waals surface area contributed by atoms with Gasteiger partial charge in [-0.2, -0.15) is 0 Å². The van der Waals surface area contributed by atoms with E-state index < -0.39 is 45.5 Å². The van der Waals surface area contributed by atoms with Crippen LogP contribution in [0.4, 0.5) is 8.78 Å². The van der Waals surface area contributed by atoms with Crippen LogP contribution >= 0.6 is 0 Å². The molecule has 0 bridgehead atoms. The Balaban J connectivity index is 2.43. The van der Waals surface area contributed by atoms with Crippen LogP contribution in [0.5, 0.6) is 0 Å². The van der Waals surface area contributed by atoms with Crippen LogP contribution in [0.1, 0.15) is 33.6 Å². The third kappa shape index (κ3) is 1.74. The van der Waals surface area contributed by atoms with E-state index >= 15 is 0 Å². The highest BCUT2D eigenvalue weighted by atomic mass is 32.2. The molecule has 1 heterocycles. The molecule has 1 saturated carbocycles. The monoisotopic (exact) mass is 281 g/mol. The minimum absolute atomic E-state index is 0.141. The fourth-order valence-electron chi connectivity index (χ4n) is 3.20. The van der Waals surface area contributed by atoms with Gasteiger partial charge in [-0.1, -0.05) is 6.92 Å². The fraction of sp³-hybridized carbons (Fsp3) is 0.909. The van der Waals surface area contributed by atoms with Gasteiger partial charge in [-0.05, 0) is 19.3 Å². The SMILES string of the molecule is CC(=O)N1[C@H](C)[C@H]2CC(C)C(F)(F)C[C@H]2S1(=O)=O. The Morgan fingerprint density at radius 1 is 1.33 bits per heavy atom. The quantitative estimate of drug-likeness (QED) is 0.678. The van der Waals surface area contributed by atoms with E-state index in [1.807, 2.05) is 0 Å². The highest BCUT2D eigenvalue weighted by Gasteiger charge is 2.60. The van der Waals surface area contributed by atoms with Gasteiger partial charge >= 0.3 is 0 Å². The summed E-state index contributed by atoms with van der Waals surface area (Å²) in [4.78, 5) is 11.4. The average molecular weight is 281 g/mol. The Labute approximate surface area is 105 Å². The predicted molar refractivity (Wildman–Crippen MR) is 61.5 cm³/mol. The van der Waals surface area contributed by atoms with E-state index in [0.717, 1.165) is 11.2 Å². The normalized spacial score (nSPS) is 41.5. The standard InChI is InChI=1S/C11H17F2NO3S/c1-6-4-9-7(2)14(8(3)15)18(16,17)10(9)5-11(6,12)13/h6-7,9-10H,4-5H2,1-3H3/t6?,7-,9-,10-/m1/s1. The molecule has 7 heteroatoms. The third-order valence-electron chi connectivity index (χ3n) is 4.25. The Morgan fingerprint density at radius 3 is 2.39 bits per heavy atom. The molecule has 1 amide bonds. The van der Waals surface area contributed by atoms with Gasteiger partial charge in [-0.3, -0.25) is 4.79 Å². The van der Waals surface area contributed by atoms with E-state index in [1.165, 1.54) is 6.92 Å². The van der Waals surface area contributed by atoms with Crippen molar-refractivity contribution in [3.8, 4) is 0 Å². The summed E-state index contributed by atoms with van der Waals surface area (Å²) in [5, 5.41) is -1.12. The second kappa shape index (κ2) is 3.88. The van der Waals surface area contributed by atoms with E-state index in [9.17, 15) is 22.0 Å². The molecule has 2 aliphatic rings. The van der Waals surface area contributed by atoms with E-state index in [0.29, 0.717) is 0 Å². The number of carbonyl (C=O) groups is 1. The van der Waals surface area contributed by atoms with Crippen molar-refractivity contribution in [2.75, 3.05) is 0 Å². The first kappa shape index (κ1) is 13.7. The Kier molecular flexibility index (Phi) is 2.96. The van der Waals surface area contributed by atoms with E-state index in [4.69, 9.17) is 0 Å². The smallest absolute Gasteiger partial charge is 0.252 e. The van der Waals surface area contributed by atoms with E-state index in [2.05, 4.69) is 0 Å². The highest BCUT2D eigenvalue weighted by Crippen LogP contribution is 2.49. The lowest BCUT2D eigenvalue weighted by molar-refractivity contribution is -0.126. The maximum atomic E-state index is 13.7. The summed E-state index contributed by atoms with van der Waals surface area (Å²) in [5.74, 6) is -4.79. The largest absolute Gasteiger partial charge is 0.274 e. The third-order valence-corrected chi connectivity index (χ3v) is 6.67. The molecule has 0 radical (unpaired) electrons. The molecule has 0 aromatic carbocycles. The number of nitrogens with zero attached hydrogens (tertiary/aromatic N) is 1. The van der Waals surface area contributed by atoms with Crippen LogP contribution in [0.25, 0.3) is 0 Å². The van der Waals surface area contributed by atoms with E-state index in [-0.39, 0.29) is 12.3 Å². The Morgan fingerprint density at radius 2 is 1.89 bits per heavy atom. The molecule has 1 unspecified atom stereocenters. The zero-order valence-electron chi connectivity index (χ0n) is 10.6. The summed E-state index contributed by atoms with van der Waals surface area (Å²) in [5.41, 5.74) is 0. The van der Waals surface area contributed by atoms with Crippen LogP contribution in [-0.4, -0.2) is 35.8 Å². The van der Waals surface area contributed by atoms with Crippen LogP contribution in [0.2, 0.25) is 0 Å². The minimum atomic E-state index is -3.93. The molecule has 2 rings (SSSR count). The molecule has 0 aromatic heterocycles. The van der Waals surface area contributed by atoms with Crippen LogP contribution in [0.15, 0.2) is 0 Å². The summed E-state index contributed by atoms with van der Waals surface area (Å²) >= 11 is 0. The summed E-state index contributed by atoms with van der Waals surface area (Å²) in [6.45, 7) is 4.22. The van der Waals surface area contributed by atoms with Crippen molar-refractivity contribution >= 4 is 15.9 Å². The number of hydrogen-bond acceptors (Lipinski definition) is 3. The van der Waals surface area contributed by atoms with Gasteiger partial charge in [0.05, 0.1) is 5.25 Å². The van der Waals surface area contributed by atoms with E-state index in [1.54, 1.807) is 6.92 Å². The van der Waals surface area contributed by atoms with Crippen molar-refractivity contribution in [3.63, 3.8) is 0 Å². The summed E-state index contributed by atoms with van der Waals surface area (Å²) in [7, 11) is -3.93. The summed E-state index contributed by atoms with van der Waals surface area (Å²) in [6, 6.07) is -0.518. The number of sulfonamides is 1. The Bertz CT molecular complexity index is 477. The number of halogens is 2. The summed E-state index contributed by atoms with van der Waals surface area (Å²) in [6.07, 6.45) is -0.531. The fourth-order valence-corrected chi connectivity index (χ4v) is 5.69. The van der Waals surface area contributed by atoms with Gasteiger partial charge in [0.2, 0.25) is 15.9 Å². The molecule has 18 heavy (non-hydrogen) atoms. The van der Waals surface area contributed by atoms with Gasteiger partial charge in [-0.25, -0.2) is 21.5 Å². The molecule has 4 atom stereocenters. The topological polar surface area (TPSA) is 54.5 Å².